The lowest BCUT2D eigenvalue weighted by Gasteiger charge is -2.26. The summed E-state index contributed by atoms with van der Waals surface area (Å²) in [4.78, 5) is 0. The quantitative estimate of drug-likeness (QED) is 0.813. The molecule has 0 amide bonds. The maximum absolute atomic E-state index is 10.3. The van der Waals surface area contributed by atoms with Crippen LogP contribution >= 0.6 is 0 Å². The van der Waals surface area contributed by atoms with Crippen molar-refractivity contribution in [1.29, 1.82) is 0 Å². The molecule has 1 aliphatic rings. The summed E-state index contributed by atoms with van der Waals surface area (Å²) in [6.07, 6.45) is 2.52. The van der Waals surface area contributed by atoms with Crippen LogP contribution in [0.5, 0.6) is 5.75 Å². The lowest BCUT2D eigenvalue weighted by atomic mass is 9.88. The second-order valence-corrected chi connectivity index (χ2v) is 6.23. The molecule has 0 unspecified atom stereocenters. The van der Waals surface area contributed by atoms with Crippen molar-refractivity contribution in [2.75, 3.05) is 6.54 Å². The summed E-state index contributed by atoms with van der Waals surface area (Å²) in [5, 5.41) is 23.3. The van der Waals surface area contributed by atoms with Gasteiger partial charge in [-0.3, -0.25) is 0 Å². The lowest BCUT2D eigenvalue weighted by molar-refractivity contribution is 0.168. The average molecular weight is 297 g/mol. The normalized spacial score (nSPS) is 18.7. The Balaban J connectivity index is 1.57. The zero-order valence-corrected chi connectivity index (χ0v) is 12.9. The van der Waals surface area contributed by atoms with Crippen LogP contribution in [0, 0.1) is 6.92 Å². The molecule has 0 aromatic heterocycles. The third-order valence-corrected chi connectivity index (χ3v) is 4.48. The van der Waals surface area contributed by atoms with Crippen LogP contribution in [0.3, 0.4) is 0 Å². The molecule has 22 heavy (non-hydrogen) atoms. The number of rotatable bonds is 4. The number of fused-ring (bicyclic) bond motifs is 1. The van der Waals surface area contributed by atoms with Crippen LogP contribution in [0.4, 0.5) is 0 Å². The molecule has 0 radical (unpaired) electrons. The first-order valence-corrected chi connectivity index (χ1v) is 7.90. The molecule has 1 aliphatic carbocycles. The molecule has 2 aromatic carbocycles. The molecule has 0 fully saturated rings. The Morgan fingerprint density at radius 3 is 2.68 bits per heavy atom. The maximum atomic E-state index is 10.3. The van der Waals surface area contributed by atoms with E-state index in [0.717, 1.165) is 24.8 Å². The Bertz CT molecular complexity index is 636. The van der Waals surface area contributed by atoms with Gasteiger partial charge in [0.2, 0.25) is 0 Å². The van der Waals surface area contributed by atoms with Gasteiger partial charge < -0.3 is 15.5 Å². The van der Waals surface area contributed by atoms with Gasteiger partial charge in [0.05, 0.1) is 6.10 Å². The van der Waals surface area contributed by atoms with Crippen molar-refractivity contribution in [2.24, 2.45) is 0 Å². The highest BCUT2D eigenvalue weighted by atomic mass is 16.3. The van der Waals surface area contributed by atoms with Gasteiger partial charge in [-0.05, 0) is 55.0 Å². The highest BCUT2D eigenvalue weighted by Crippen LogP contribution is 2.25. The van der Waals surface area contributed by atoms with Crippen LogP contribution in [-0.2, 0) is 12.8 Å². The predicted molar refractivity (Wildman–Crippen MR) is 88.1 cm³/mol. The summed E-state index contributed by atoms with van der Waals surface area (Å²) in [5.41, 5.74) is 4.70. The zero-order chi connectivity index (χ0) is 15.5. The number of nitrogens with one attached hydrogen (secondary N) is 1. The highest BCUT2D eigenvalue weighted by molar-refractivity contribution is 5.37. The Hall–Kier alpha value is -1.84. The van der Waals surface area contributed by atoms with Crippen molar-refractivity contribution < 1.29 is 10.2 Å². The van der Waals surface area contributed by atoms with Crippen LogP contribution in [0.15, 0.2) is 42.5 Å². The van der Waals surface area contributed by atoms with Crippen LogP contribution in [-0.4, -0.2) is 22.8 Å². The Kier molecular flexibility index (Phi) is 4.46. The van der Waals surface area contributed by atoms with Gasteiger partial charge >= 0.3 is 0 Å². The number of benzene rings is 2. The van der Waals surface area contributed by atoms with E-state index in [1.807, 2.05) is 43.3 Å². The minimum Gasteiger partial charge on any atom is -0.508 e. The number of phenolic OH excluding ortho intramolecular Hbond substituents is 1. The van der Waals surface area contributed by atoms with Crippen LogP contribution in [0.2, 0.25) is 0 Å². The molecule has 3 rings (SSSR count). The van der Waals surface area contributed by atoms with Gasteiger partial charge in [0.15, 0.2) is 0 Å². The molecular formula is C19H23NO2. The number of phenols is 1. The van der Waals surface area contributed by atoms with Crippen LogP contribution in [0.1, 0.15) is 34.8 Å². The van der Waals surface area contributed by atoms with Crippen LogP contribution in [0.25, 0.3) is 0 Å². The highest BCUT2D eigenvalue weighted by Gasteiger charge is 2.19. The molecule has 0 heterocycles. The number of aromatic hydroxyl groups is 1. The Morgan fingerprint density at radius 1 is 1.14 bits per heavy atom. The number of aliphatic hydroxyl groups is 1. The number of hydrogen-bond donors (Lipinski definition) is 3. The molecule has 0 bridgehead atoms. The average Bonchev–Trinajstić information content (AvgIpc) is 2.53. The van der Waals surface area contributed by atoms with Gasteiger partial charge in [0.25, 0.3) is 0 Å². The van der Waals surface area contributed by atoms with Crippen LogP contribution < -0.4 is 5.32 Å². The van der Waals surface area contributed by atoms with Gasteiger partial charge in [-0.25, -0.2) is 0 Å². The van der Waals surface area contributed by atoms with Crippen molar-refractivity contribution in [3.05, 3.63) is 64.7 Å². The SMILES string of the molecule is Cc1ccc([C@@H](O)CN[C@H]2CCc3ccc(O)cc3C2)cc1. The topological polar surface area (TPSA) is 52.5 Å². The number of hydrogen-bond acceptors (Lipinski definition) is 3. The molecule has 2 atom stereocenters. The molecule has 0 saturated heterocycles. The van der Waals surface area contributed by atoms with Crippen molar-refractivity contribution in [3.8, 4) is 5.75 Å². The zero-order valence-electron chi connectivity index (χ0n) is 12.9. The van der Waals surface area contributed by atoms with E-state index >= 15 is 0 Å². The molecule has 0 spiro atoms. The van der Waals surface area contributed by atoms with E-state index < -0.39 is 6.10 Å². The van der Waals surface area contributed by atoms with Gasteiger partial charge in [-0.2, -0.15) is 0 Å². The first-order valence-electron chi connectivity index (χ1n) is 7.90. The molecule has 116 valence electrons. The summed E-state index contributed by atoms with van der Waals surface area (Å²) in [6, 6.07) is 14.0. The van der Waals surface area contributed by atoms with E-state index in [9.17, 15) is 10.2 Å². The molecule has 3 nitrogen and oxygen atoms in total. The first-order chi connectivity index (χ1) is 10.6. The van der Waals surface area contributed by atoms with Gasteiger partial charge in [0.1, 0.15) is 5.75 Å². The summed E-state index contributed by atoms with van der Waals surface area (Å²) in [5.74, 6) is 0.332. The molecule has 0 saturated carbocycles. The summed E-state index contributed by atoms with van der Waals surface area (Å²) in [7, 11) is 0. The van der Waals surface area contributed by atoms with Gasteiger partial charge in [0, 0.05) is 12.6 Å². The van der Waals surface area contributed by atoms with Crippen molar-refractivity contribution in [3.63, 3.8) is 0 Å². The minimum absolute atomic E-state index is 0.332. The molecule has 2 aromatic rings. The smallest absolute Gasteiger partial charge is 0.115 e. The standard InChI is InChI=1S/C19H23NO2/c1-13-2-4-15(5-3-13)19(22)12-20-17-8-6-14-7-9-18(21)11-16(14)10-17/h2-5,7,9,11,17,19-22H,6,8,10,12H2,1H3/t17-,19-/m0/s1. The van der Waals surface area contributed by atoms with E-state index in [1.165, 1.54) is 16.7 Å². The minimum atomic E-state index is -0.480. The van der Waals surface area contributed by atoms with Crippen molar-refractivity contribution in [2.45, 2.75) is 38.3 Å². The monoisotopic (exact) mass is 297 g/mol. The van der Waals surface area contributed by atoms with Gasteiger partial charge in [-0.15, -0.1) is 0 Å². The van der Waals surface area contributed by atoms with E-state index in [0.29, 0.717) is 18.3 Å². The second-order valence-electron chi connectivity index (χ2n) is 6.23. The summed E-state index contributed by atoms with van der Waals surface area (Å²) in [6.45, 7) is 2.60. The Labute approximate surface area is 131 Å². The van der Waals surface area contributed by atoms with Crippen molar-refractivity contribution in [1.82, 2.24) is 5.32 Å². The summed E-state index contributed by atoms with van der Waals surface area (Å²) >= 11 is 0. The number of aliphatic hydroxyl groups excluding tert-OH is 1. The molecule has 0 aliphatic heterocycles. The van der Waals surface area contributed by atoms with E-state index in [1.54, 1.807) is 6.07 Å². The summed E-state index contributed by atoms with van der Waals surface area (Å²) < 4.78 is 0. The largest absolute Gasteiger partial charge is 0.508 e. The van der Waals surface area contributed by atoms with E-state index in [-0.39, 0.29) is 0 Å². The second kappa shape index (κ2) is 6.51. The maximum Gasteiger partial charge on any atom is 0.115 e. The fourth-order valence-electron chi connectivity index (χ4n) is 3.10. The fraction of sp³-hybridized carbons (Fsp3) is 0.368. The Morgan fingerprint density at radius 2 is 1.91 bits per heavy atom. The first kappa shape index (κ1) is 15.1. The third-order valence-electron chi connectivity index (χ3n) is 4.48. The molecule has 3 N–H and O–H groups in total. The van der Waals surface area contributed by atoms with Gasteiger partial charge in [-0.1, -0.05) is 35.9 Å². The van der Waals surface area contributed by atoms with Crippen molar-refractivity contribution >= 4 is 0 Å². The molecular weight excluding hydrogens is 274 g/mol. The fourth-order valence-corrected chi connectivity index (χ4v) is 3.10. The van der Waals surface area contributed by atoms with E-state index in [4.69, 9.17) is 0 Å². The number of aryl methyl sites for hydroxylation is 2. The molecule has 3 heteroatoms. The third kappa shape index (κ3) is 3.49. The predicted octanol–water partition coefficient (Wildman–Crippen LogP) is 2.88. The van der Waals surface area contributed by atoms with E-state index in [2.05, 4.69) is 5.32 Å². The lowest BCUT2D eigenvalue weighted by Crippen LogP contribution is -2.37.